The van der Waals surface area contributed by atoms with E-state index in [1.807, 2.05) is 24.3 Å². The van der Waals surface area contributed by atoms with Crippen LogP contribution >= 0.6 is 0 Å². The lowest BCUT2D eigenvalue weighted by Crippen LogP contribution is -2.00. The lowest BCUT2D eigenvalue weighted by Gasteiger charge is -2.06. The number of benzene rings is 3. The standard InChI is InChI=1S/C22H18O2/c1-3-4-5-16-6-7-21-15-20(13-12-19(21)14-16)17-8-10-18(11-9-17)22(23)24-2/h3-15H,1H2,2H3/b5-4+. The SMILES string of the molecule is C=C/C=C/c1ccc2cc(-c3ccc(C(=O)OC)cc3)ccc2c1. The molecule has 0 aliphatic rings. The quantitative estimate of drug-likeness (QED) is 0.470. The molecule has 2 nitrogen and oxygen atoms in total. The van der Waals surface area contributed by atoms with Crippen molar-refractivity contribution in [1.29, 1.82) is 0 Å². The summed E-state index contributed by atoms with van der Waals surface area (Å²) < 4.78 is 4.73. The van der Waals surface area contributed by atoms with Gasteiger partial charge in [-0.3, -0.25) is 0 Å². The van der Waals surface area contributed by atoms with E-state index in [9.17, 15) is 4.79 Å². The largest absolute Gasteiger partial charge is 0.465 e. The highest BCUT2D eigenvalue weighted by Crippen LogP contribution is 2.26. The molecule has 0 radical (unpaired) electrons. The molecule has 0 amide bonds. The highest BCUT2D eigenvalue weighted by Gasteiger charge is 2.06. The zero-order chi connectivity index (χ0) is 16.9. The molecule has 24 heavy (non-hydrogen) atoms. The zero-order valence-corrected chi connectivity index (χ0v) is 13.5. The molecule has 3 rings (SSSR count). The summed E-state index contributed by atoms with van der Waals surface area (Å²) in [6, 6.07) is 20.2. The summed E-state index contributed by atoms with van der Waals surface area (Å²) >= 11 is 0. The Hall–Kier alpha value is -3.13. The number of hydrogen-bond donors (Lipinski definition) is 0. The van der Waals surface area contributed by atoms with Gasteiger partial charge in [0.2, 0.25) is 0 Å². The first kappa shape index (κ1) is 15.8. The molecule has 0 aliphatic carbocycles. The van der Waals surface area contributed by atoms with Gasteiger partial charge in [0.15, 0.2) is 0 Å². The van der Waals surface area contributed by atoms with Gasteiger partial charge in [0.1, 0.15) is 0 Å². The molecule has 0 bridgehead atoms. The summed E-state index contributed by atoms with van der Waals surface area (Å²) in [5.74, 6) is -0.319. The van der Waals surface area contributed by atoms with Gasteiger partial charge in [-0.25, -0.2) is 4.79 Å². The summed E-state index contributed by atoms with van der Waals surface area (Å²) in [7, 11) is 1.39. The van der Waals surface area contributed by atoms with Gasteiger partial charge in [-0.2, -0.15) is 0 Å². The molecule has 0 saturated heterocycles. The van der Waals surface area contributed by atoms with Crippen LogP contribution in [0.4, 0.5) is 0 Å². The predicted molar refractivity (Wildman–Crippen MR) is 100.0 cm³/mol. The van der Waals surface area contributed by atoms with Gasteiger partial charge < -0.3 is 4.74 Å². The minimum Gasteiger partial charge on any atom is -0.465 e. The van der Waals surface area contributed by atoms with Gasteiger partial charge >= 0.3 is 5.97 Å². The van der Waals surface area contributed by atoms with Gasteiger partial charge in [-0.15, -0.1) is 0 Å². The Balaban J connectivity index is 1.94. The van der Waals surface area contributed by atoms with Crippen molar-refractivity contribution >= 4 is 22.8 Å². The van der Waals surface area contributed by atoms with Crippen LogP contribution in [0.5, 0.6) is 0 Å². The third-order valence-electron chi connectivity index (χ3n) is 3.93. The molecule has 0 N–H and O–H groups in total. The van der Waals surface area contributed by atoms with Crippen molar-refractivity contribution in [3.63, 3.8) is 0 Å². The second-order valence-electron chi connectivity index (χ2n) is 5.49. The Kier molecular flexibility index (Phi) is 4.57. The summed E-state index contributed by atoms with van der Waals surface area (Å²) in [5.41, 5.74) is 3.90. The fourth-order valence-corrected chi connectivity index (χ4v) is 2.64. The molecule has 0 unspecified atom stereocenters. The molecule has 3 aromatic rings. The maximum Gasteiger partial charge on any atom is 0.337 e. The zero-order valence-electron chi connectivity index (χ0n) is 13.5. The summed E-state index contributed by atoms with van der Waals surface area (Å²) in [5, 5.41) is 2.37. The molecule has 118 valence electrons. The Morgan fingerprint density at radius 3 is 2.29 bits per heavy atom. The van der Waals surface area contributed by atoms with Crippen LogP contribution in [-0.2, 0) is 4.74 Å². The summed E-state index contributed by atoms with van der Waals surface area (Å²) in [6.45, 7) is 3.69. The first-order valence-electron chi connectivity index (χ1n) is 7.73. The number of allylic oxidation sites excluding steroid dienone is 2. The molecular formula is C22H18O2. The fourth-order valence-electron chi connectivity index (χ4n) is 2.64. The lowest BCUT2D eigenvalue weighted by molar-refractivity contribution is 0.0601. The second kappa shape index (κ2) is 6.97. The Labute approximate surface area is 141 Å². The second-order valence-corrected chi connectivity index (χ2v) is 5.49. The van der Waals surface area contributed by atoms with Crippen molar-refractivity contribution in [3.05, 3.63) is 90.5 Å². The molecule has 0 fully saturated rings. The number of ether oxygens (including phenoxy) is 1. The van der Waals surface area contributed by atoms with Crippen LogP contribution in [0, 0.1) is 0 Å². The normalized spacial score (nSPS) is 10.9. The number of methoxy groups -OCH3 is 1. The monoisotopic (exact) mass is 314 g/mol. The molecule has 0 aliphatic heterocycles. The predicted octanol–water partition coefficient (Wildman–Crippen LogP) is 5.49. The minimum atomic E-state index is -0.319. The van der Waals surface area contributed by atoms with Crippen molar-refractivity contribution in [2.75, 3.05) is 7.11 Å². The average molecular weight is 314 g/mol. The van der Waals surface area contributed by atoms with E-state index >= 15 is 0 Å². The maximum absolute atomic E-state index is 11.5. The van der Waals surface area contributed by atoms with Gasteiger partial charge in [0.25, 0.3) is 0 Å². The molecule has 0 aromatic heterocycles. The summed E-state index contributed by atoms with van der Waals surface area (Å²) in [4.78, 5) is 11.5. The average Bonchev–Trinajstić information content (AvgIpc) is 2.65. The van der Waals surface area contributed by atoms with Crippen molar-refractivity contribution in [1.82, 2.24) is 0 Å². The van der Waals surface area contributed by atoms with Gasteiger partial charge in [-0.05, 0) is 51.7 Å². The van der Waals surface area contributed by atoms with Crippen LogP contribution in [0.1, 0.15) is 15.9 Å². The Morgan fingerprint density at radius 1 is 0.917 bits per heavy atom. The van der Waals surface area contributed by atoms with Crippen LogP contribution in [0.15, 0.2) is 79.4 Å². The Bertz CT molecular complexity index is 918. The van der Waals surface area contributed by atoms with E-state index in [4.69, 9.17) is 4.74 Å². The van der Waals surface area contributed by atoms with Crippen molar-refractivity contribution in [3.8, 4) is 11.1 Å². The molecule has 0 spiro atoms. The molecule has 0 atom stereocenters. The lowest BCUT2D eigenvalue weighted by atomic mass is 9.99. The van der Waals surface area contributed by atoms with Gasteiger partial charge in [0.05, 0.1) is 12.7 Å². The number of hydrogen-bond acceptors (Lipinski definition) is 2. The van der Waals surface area contributed by atoms with Crippen LogP contribution in [0.2, 0.25) is 0 Å². The first-order chi connectivity index (χ1) is 11.7. The topological polar surface area (TPSA) is 26.3 Å². The van der Waals surface area contributed by atoms with Crippen LogP contribution in [0.3, 0.4) is 0 Å². The van der Waals surface area contributed by atoms with E-state index in [0.29, 0.717) is 5.56 Å². The molecule has 3 aromatic carbocycles. The number of fused-ring (bicyclic) bond motifs is 1. The number of rotatable bonds is 4. The van der Waals surface area contributed by atoms with Crippen LogP contribution in [0.25, 0.3) is 28.0 Å². The van der Waals surface area contributed by atoms with Crippen LogP contribution < -0.4 is 0 Å². The highest BCUT2D eigenvalue weighted by atomic mass is 16.5. The van der Waals surface area contributed by atoms with Gasteiger partial charge in [-0.1, -0.05) is 61.2 Å². The van der Waals surface area contributed by atoms with E-state index in [1.54, 1.807) is 18.2 Å². The van der Waals surface area contributed by atoms with E-state index in [2.05, 4.69) is 43.0 Å². The van der Waals surface area contributed by atoms with Crippen molar-refractivity contribution in [2.24, 2.45) is 0 Å². The van der Waals surface area contributed by atoms with Crippen molar-refractivity contribution in [2.45, 2.75) is 0 Å². The maximum atomic E-state index is 11.5. The first-order valence-corrected chi connectivity index (χ1v) is 7.73. The molecule has 0 saturated carbocycles. The fraction of sp³-hybridized carbons (Fsp3) is 0.0455. The van der Waals surface area contributed by atoms with Crippen molar-refractivity contribution < 1.29 is 9.53 Å². The molecular weight excluding hydrogens is 296 g/mol. The van der Waals surface area contributed by atoms with E-state index in [1.165, 1.54) is 17.9 Å². The summed E-state index contributed by atoms with van der Waals surface area (Å²) in [6.07, 6.45) is 5.73. The van der Waals surface area contributed by atoms with E-state index in [0.717, 1.165) is 16.7 Å². The number of esters is 1. The van der Waals surface area contributed by atoms with Gasteiger partial charge in [0, 0.05) is 0 Å². The third-order valence-corrected chi connectivity index (χ3v) is 3.93. The van der Waals surface area contributed by atoms with Crippen LogP contribution in [-0.4, -0.2) is 13.1 Å². The number of carbonyl (C=O) groups is 1. The smallest absolute Gasteiger partial charge is 0.337 e. The number of carbonyl (C=O) groups excluding carboxylic acids is 1. The van der Waals surface area contributed by atoms with E-state index in [-0.39, 0.29) is 5.97 Å². The minimum absolute atomic E-state index is 0.319. The molecule has 0 heterocycles. The van der Waals surface area contributed by atoms with E-state index < -0.39 is 0 Å². The third kappa shape index (κ3) is 3.28. The highest BCUT2D eigenvalue weighted by molar-refractivity contribution is 5.91. The molecule has 2 heteroatoms. The Morgan fingerprint density at radius 2 is 1.58 bits per heavy atom.